The van der Waals surface area contributed by atoms with E-state index in [1.165, 1.54) is 7.11 Å². The lowest BCUT2D eigenvalue weighted by Gasteiger charge is -2.15. The molecule has 2 aliphatic rings. The van der Waals surface area contributed by atoms with Crippen LogP contribution in [0.25, 0.3) is 0 Å². The summed E-state index contributed by atoms with van der Waals surface area (Å²) in [5, 5.41) is 0. The maximum atomic E-state index is 11.0. The first-order valence-corrected chi connectivity index (χ1v) is 3.73. The van der Waals surface area contributed by atoms with Crippen LogP contribution in [-0.4, -0.2) is 25.3 Å². The number of esters is 1. The molecule has 1 fully saturated rings. The van der Waals surface area contributed by atoms with E-state index in [2.05, 4.69) is 4.74 Å². The number of carbonyl (C=O) groups is 1. The van der Waals surface area contributed by atoms with Crippen molar-refractivity contribution in [3.8, 4) is 0 Å². The second kappa shape index (κ2) is 2.34. The summed E-state index contributed by atoms with van der Waals surface area (Å²) in [5.74, 6) is 0.00861. The first-order chi connectivity index (χ1) is 5.31. The van der Waals surface area contributed by atoms with Crippen LogP contribution >= 0.6 is 0 Å². The molecule has 0 aromatic rings. The molecule has 3 nitrogen and oxygen atoms in total. The van der Waals surface area contributed by atoms with Gasteiger partial charge in [0.1, 0.15) is 0 Å². The SMILES string of the molecule is COC(=O)C1OC2C=CC1C2. The average molecular weight is 154 g/mol. The molecule has 3 heteroatoms. The maximum Gasteiger partial charge on any atom is 0.335 e. The molecule has 0 amide bonds. The van der Waals surface area contributed by atoms with Crippen LogP contribution in [-0.2, 0) is 14.3 Å². The minimum Gasteiger partial charge on any atom is -0.467 e. The van der Waals surface area contributed by atoms with Gasteiger partial charge in [-0.15, -0.1) is 0 Å². The van der Waals surface area contributed by atoms with E-state index < -0.39 is 0 Å². The first-order valence-electron chi connectivity index (χ1n) is 3.73. The smallest absolute Gasteiger partial charge is 0.335 e. The van der Waals surface area contributed by atoms with Gasteiger partial charge in [0, 0.05) is 5.92 Å². The molecule has 3 atom stereocenters. The fraction of sp³-hybridized carbons (Fsp3) is 0.625. The number of rotatable bonds is 1. The number of carbonyl (C=O) groups excluding carboxylic acids is 1. The van der Waals surface area contributed by atoms with Gasteiger partial charge in [-0.3, -0.25) is 0 Å². The molecule has 60 valence electrons. The summed E-state index contributed by atoms with van der Waals surface area (Å²) in [6.45, 7) is 0. The Morgan fingerprint density at radius 1 is 1.64 bits per heavy atom. The summed E-state index contributed by atoms with van der Waals surface area (Å²) in [6, 6.07) is 0. The summed E-state index contributed by atoms with van der Waals surface area (Å²) < 4.78 is 9.94. The fourth-order valence-electron chi connectivity index (χ4n) is 1.65. The Morgan fingerprint density at radius 3 is 2.91 bits per heavy atom. The van der Waals surface area contributed by atoms with Crippen molar-refractivity contribution in [1.29, 1.82) is 0 Å². The number of fused-ring (bicyclic) bond motifs is 2. The van der Waals surface area contributed by atoms with Gasteiger partial charge in [0.2, 0.25) is 0 Å². The molecular formula is C8H10O3. The number of hydrogen-bond acceptors (Lipinski definition) is 3. The Labute approximate surface area is 65.0 Å². The van der Waals surface area contributed by atoms with Gasteiger partial charge in [-0.25, -0.2) is 4.79 Å². The lowest BCUT2D eigenvalue weighted by atomic mass is 10.0. The highest BCUT2D eigenvalue weighted by Gasteiger charge is 2.41. The van der Waals surface area contributed by atoms with Crippen LogP contribution in [0.2, 0.25) is 0 Å². The molecule has 0 N–H and O–H groups in total. The molecule has 0 spiro atoms. The van der Waals surface area contributed by atoms with Crippen molar-refractivity contribution in [2.45, 2.75) is 18.6 Å². The van der Waals surface area contributed by atoms with E-state index in [1.807, 2.05) is 12.2 Å². The van der Waals surface area contributed by atoms with Crippen molar-refractivity contribution in [2.75, 3.05) is 7.11 Å². The van der Waals surface area contributed by atoms with Crippen molar-refractivity contribution in [1.82, 2.24) is 0 Å². The van der Waals surface area contributed by atoms with Crippen LogP contribution in [0.3, 0.4) is 0 Å². The highest BCUT2D eigenvalue weighted by atomic mass is 16.6. The predicted octanol–water partition coefficient (Wildman–Crippen LogP) is 0.503. The number of methoxy groups -OCH3 is 1. The van der Waals surface area contributed by atoms with Gasteiger partial charge in [0.25, 0.3) is 0 Å². The minimum absolute atomic E-state index is 0.157. The Hall–Kier alpha value is -0.830. The second-order valence-electron chi connectivity index (χ2n) is 2.90. The molecule has 11 heavy (non-hydrogen) atoms. The fourth-order valence-corrected chi connectivity index (χ4v) is 1.65. The van der Waals surface area contributed by atoms with E-state index in [-0.39, 0.29) is 24.1 Å². The third-order valence-corrected chi connectivity index (χ3v) is 2.22. The normalized spacial score (nSPS) is 39.5. The third-order valence-electron chi connectivity index (χ3n) is 2.22. The van der Waals surface area contributed by atoms with Crippen LogP contribution in [0, 0.1) is 5.92 Å². The van der Waals surface area contributed by atoms with E-state index >= 15 is 0 Å². The molecular weight excluding hydrogens is 144 g/mol. The van der Waals surface area contributed by atoms with Crippen molar-refractivity contribution < 1.29 is 14.3 Å². The van der Waals surface area contributed by atoms with E-state index in [9.17, 15) is 4.79 Å². The quantitative estimate of drug-likeness (QED) is 0.407. The highest BCUT2D eigenvalue weighted by Crippen LogP contribution is 2.34. The van der Waals surface area contributed by atoms with Gasteiger partial charge < -0.3 is 9.47 Å². The molecule has 2 bridgehead atoms. The highest BCUT2D eigenvalue weighted by molar-refractivity contribution is 5.76. The van der Waals surface area contributed by atoms with E-state index in [0.29, 0.717) is 0 Å². The summed E-state index contributed by atoms with van der Waals surface area (Å²) in [6.07, 6.45) is 4.80. The molecule has 1 aliphatic carbocycles. The Bertz CT molecular complexity index is 209. The molecule has 0 radical (unpaired) electrons. The molecule has 2 rings (SSSR count). The summed E-state index contributed by atoms with van der Waals surface area (Å²) in [7, 11) is 1.39. The van der Waals surface area contributed by atoms with Crippen LogP contribution in [0.4, 0.5) is 0 Å². The largest absolute Gasteiger partial charge is 0.467 e. The Morgan fingerprint density at radius 2 is 2.45 bits per heavy atom. The lowest BCUT2D eigenvalue weighted by molar-refractivity contribution is -0.154. The molecule has 1 aliphatic heterocycles. The summed E-state index contributed by atoms with van der Waals surface area (Å²) >= 11 is 0. The maximum absolute atomic E-state index is 11.0. The monoisotopic (exact) mass is 154 g/mol. The Balaban J connectivity index is 2.08. The van der Waals surface area contributed by atoms with Gasteiger partial charge >= 0.3 is 5.97 Å². The predicted molar refractivity (Wildman–Crippen MR) is 37.9 cm³/mol. The van der Waals surface area contributed by atoms with Gasteiger partial charge in [0.05, 0.1) is 13.2 Å². The van der Waals surface area contributed by atoms with Gasteiger partial charge in [-0.05, 0) is 6.42 Å². The summed E-state index contributed by atoms with van der Waals surface area (Å²) in [4.78, 5) is 11.0. The van der Waals surface area contributed by atoms with Crippen LogP contribution in [0.5, 0.6) is 0 Å². The zero-order valence-corrected chi connectivity index (χ0v) is 6.32. The van der Waals surface area contributed by atoms with E-state index in [1.54, 1.807) is 0 Å². The van der Waals surface area contributed by atoms with Crippen LogP contribution < -0.4 is 0 Å². The molecule has 0 aromatic carbocycles. The van der Waals surface area contributed by atoms with Crippen molar-refractivity contribution >= 4 is 5.97 Å². The first kappa shape index (κ1) is 6.85. The molecule has 1 saturated heterocycles. The topological polar surface area (TPSA) is 35.5 Å². The van der Waals surface area contributed by atoms with Gasteiger partial charge in [-0.1, -0.05) is 12.2 Å². The Kier molecular flexibility index (Phi) is 1.46. The van der Waals surface area contributed by atoms with Gasteiger partial charge in [-0.2, -0.15) is 0 Å². The molecule has 0 aromatic heterocycles. The van der Waals surface area contributed by atoms with Crippen LogP contribution in [0.1, 0.15) is 6.42 Å². The molecule has 1 heterocycles. The zero-order valence-electron chi connectivity index (χ0n) is 6.32. The van der Waals surface area contributed by atoms with E-state index in [0.717, 1.165) is 6.42 Å². The molecule has 3 unspecified atom stereocenters. The zero-order chi connectivity index (χ0) is 7.84. The van der Waals surface area contributed by atoms with Gasteiger partial charge in [0.15, 0.2) is 6.10 Å². The molecule has 0 saturated carbocycles. The van der Waals surface area contributed by atoms with Crippen molar-refractivity contribution in [3.63, 3.8) is 0 Å². The third kappa shape index (κ3) is 0.959. The second-order valence-corrected chi connectivity index (χ2v) is 2.90. The number of hydrogen-bond donors (Lipinski definition) is 0. The van der Waals surface area contributed by atoms with E-state index in [4.69, 9.17) is 4.74 Å². The lowest BCUT2D eigenvalue weighted by Crippen LogP contribution is -2.28. The standard InChI is InChI=1S/C8H10O3/c1-10-8(9)7-5-2-3-6(4-5)11-7/h2-3,5-7H,4H2,1H3. The summed E-state index contributed by atoms with van der Waals surface area (Å²) in [5.41, 5.74) is 0. The van der Waals surface area contributed by atoms with Crippen LogP contribution in [0.15, 0.2) is 12.2 Å². The number of ether oxygens (including phenoxy) is 2. The van der Waals surface area contributed by atoms with Crippen molar-refractivity contribution in [2.24, 2.45) is 5.92 Å². The van der Waals surface area contributed by atoms with Crippen molar-refractivity contribution in [3.05, 3.63) is 12.2 Å². The average Bonchev–Trinajstić information content (AvgIpc) is 2.62. The minimum atomic E-state index is -0.338.